The van der Waals surface area contributed by atoms with Crippen LogP contribution in [0.25, 0.3) is 0 Å². The van der Waals surface area contributed by atoms with Crippen molar-refractivity contribution in [1.29, 1.82) is 0 Å². The molecule has 0 aromatic carbocycles. The van der Waals surface area contributed by atoms with E-state index in [2.05, 4.69) is 61.6 Å². The van der Waals surface area contributed by atoms with Crippen molar-refractivity contribution >= 4 is 8.32 Å². The second kappa shape index (κ2) is 8.32. The van der Waals surface area contributed by atoms with Gasteiger partial charge in [0.1, 0.15) is 6.79 Å². The number of ether oxygens (including phenoxy) is 2. The minimum absolute atomic E-state index is 0.120. The Balaban J connectivity index is 2.24. The molecule has 0 heterocycles. The van der Waals surface area contributed by atoms with E-state index >= 15 is 0 Å². The highest BCUT2D eigenvalue weighted by molar-refractivity contribution is 6.74. The summed E-state index contributed by atoms with van der Waals surface area (Å²) in [6, 6.07) is 0. The maximum absolute atomic E-state index is 6.62. The van der Waals surface area contributed by atoms with Crippen LogP contribution in [0.1, 0.15) is 87.0 Å². The van der Waals surface area contributed by atoms with Gasteiger partial charge < -0.3 is 13.9 Å². The van der Waals surface area contributed by atoms with Crippen LogP contribution in [-0.2, 0) is 13.9 Å². The van der Waals surface area contributed by atoms with Crippen LogP contribution in [0.2, 0.25) is 18.1 Å². The van der Waals surface area contributed by atoms with Gasteiger partial charge >= 0.3 is 0 Å². The molecule has 0 radical (unpaired) electrons. The average Bonchev–Trinajstić information content (AvgIpc) is 2.54. The van der Waals surface area contributed by atoms with Crippen molar-refractivity contribution < 1.29 is 13.9 Å². The zero-order valence-corrected chi connectivity index (χ0v) is 21.5. The largest absolute Gasteiger partial charge is 0.417 e. The third-order valence-corrected chi connectivity index (χ3v) is 13.5. The zero-order chi connectivity index (χ0) is 21.4. The van der Waals surface area contributed by atoms with Gasteiger partial charge in [-0.2, -0.15) is 0 Å². The summed E-state index contributed by atoms with van der Waals surface area (Å²) < 4.78 is 18.3. The van der Waals surface area contributed by atoms with E-state index in [1.54, 1.807) is 7.11 Å². The number of methoxy groups -OCH3 is 1. The van der Waals surface area contributed by atoms with E-state index in [4.69, 9.17) is 13.9 Å². The number of hydrogen-bond donors (Lipinski definition) is 0. The van der Waals surface area contributed by atoms with Crippen molar-refractivity contribution in [2.45, 2.75) is 111 Å². The first kappa shape index (κ1) is 24.4. The van der Waals surface area contributed by atoms with E-state index in [-0.39, 0.29) is 10.6 Å². The molecule has 0 unspecified atom stereocenters. The standard InChI is InChI=1S/C24H48O3Si/c1-21(2,3)28(9,10)27-17-13-20-23(6)15-11-14-22(4,5)19(23)12-16-24(20,7)26-18-25-8/h19-20H,11-18H2,1-10H3/t19-,20+,23-,24+/m0/s1. The van der Waals surface area contributed by atoms with Crippen LogP contribution in [0, 0.1) is 22.7 Å². The quantitative estimate of drug-likeness (QED) is 0.332. The molecule has 4 heteroatoms. The van der Waals surface area contributed by atoms with Crippen LogP contribution in [0.3, 0.4) is 0 Å². The summed E-state index contributed by atoms with van der Waals surface area (Å²) in [7, 11) is 0.00929. The number of fused-ring (bicyclic) bond motifs is 1. The van der Waals surface area contributed by atoms with Crippen LogP contribution in [0.5, 0.6) is 0 Å². The maximum atomic E-state index is 6.62. The van der Waals surface area contributed by atoms with Crippen LogP contribution in [0.4, 0.5) is 0 Å². The monoisotopic (exact) mass is 412 g/mol. The van der Waals surface area contributed by atoms with Gasteiger partial charge in [-0.3, -0.25) is 0 Å². The van der Waals surface area contributed by atoms with Crippen molar-refractivity contribution in [3.05, 3.63) is 0 Å². The Hall–Kier alpha value is 0.0969. The summed E-state index contributed by atoms with van der Waals surface area (Å²) >= 11 is 0. The lowest BCUT2D eigenvalue weighted by molar-refractivity contribution is -0.222. The van der Waals surface area contributed by atoms with Crippen molar-refractivity contribution in [2.24, 2.45) is 22.7 Å². The lowest BCUT2D eigenvalue weighted by Gasteiger charge is -2.62. The molecule has 2 aliphatic carbocycles. The Bertz CT molecular complexity index is 524. The van der Waals surface area contributed by atoms with Gasteiger partial charge in [-0.15, -0.1) is 0 Å². The van der Waals surface area contributed by atoms with Crippen molar-refractivity contribution in [3.63, 3.8) is 0 Å². The molecule has 2 saturated carbocycles. The Morgan fingerprint density at radius 2 is 1.64 bits per heavy atom. The molecule has 2 fully saturated rings. The number of rotatable bonds is 7. The van der Waals surface area contributed by atoms with Gasteiger partial charge in [-0.05, 0) is 79.8 Å². The maximum Gasteiger partial charge on any atom is 0.191 e. The van der Waals surface area contributed by atoms with Gasteiger partial charge in [0.05, 0.1) is 5.60 Å². The Morgan fingerprint density at radius 3 is 2.21 bits per heavy atom. The molecule has 0 aliphatic heterocycles. The summed E-state index contributed by atoms with van der Waals surface area (Å²) in [4.78, 5) is 0. The molecular weight excluding hydrogens is 364 g/mol. The predicted octanol–water partition coefficient (Wildman–Crippen LogP) is 7.02. The Labute approximate surface area is 176 Å². The number of hydrogen-bond acceptors (Lipinski definition) is 3. The average molecular weight is 413 g/mol. The molecule has 0 spiro atoms. The molecule has 4 atom stereocenters. The highest BCUT2D eigenvalue weighted by atomic mass is 28.4. The summed E-state index contributed by atoms with van der Waals surface area (Å²) in [5, 5.41) is 0.259. The van der Waals surface area contributed by atoms with E-state index in [9.17, 15) is 0 Å². The molecule has 0 bridgehead atoms. The minimum Gasteiger partial charge on any atom is -0.417 e. The summed E-state index contributed by atoms with van der Waals surface area (Å²) in [6.07, 6.45) is 7.50. The molecule has 2 aliphatic rings. The van der Waals surface area contributed by atoms with E-state index in [0.29, 0.717) is 23.5 Å². The highest BCUT2D eigenvalue weighted by Gasteiger charge is 2.58. The van der Waals surface area contributed by atoms with Crippen LogP contribution in [0.15, 0.2) is 0 Å². The molecule has 0 saturated heterocycles. The van der Waals surface area contributed by atoms with Gasteiger partial charge in [0.15, 0.2) is 8.32 Å². The van der Waals surface area contributed by atoms with Crippen LogP contribution < -0.4 is 0 Å². The van der Waals surface area contributed by atoms with Crippen molar-refractivity contribution in [2.75, 3.05) is 20.5 Å². The van der Waals surface area contributed by atoms with Gasteiger partial charge in [-0.1, -0.05) is 48.0 Å². The summed E-state index contributed by atoms with van der Waals surface area (Å²) in [5.74, 6) is 1.28. The van der Waals surface area contributed by atoms with E-state index < -0.39 is 8.32 Å². The summed E-state index contributed by atoms with van der Waals surface area (Å²) in [6.45, 7) is 22.8. The van der Waals surface area contributed by atoms with E-state index in [1.165, 1.54) is 25.7 Å². The lowest BCUT2D eigenvalue weighted by Crippen LogP contribution is -2.59. The van der Waals surface area contributed by atoms with E-state index in [0.717, 1.165) is 25.4 Å². The topological polar surface area (TPSA) is 27.7 Å². The van der Waals surface area contributed by atoms with E-state index in [1.807, 2.05) is 0 Å². The third kappa shape index (κ3) is 4.71. The second-order valence-electron chi connectivity index (χ2n) is 12.3. The van der Waals surface area contributed by atoms with Gasteiger partial charge in [0, 0.05) is 13.7 Å². The fourth-order valence-corrected chi connectivity index (χ4v) is 7.32. The molecule has 0 amide bonds. The van der Waals surface area contributed by atoms with Crippen LogP contribution >= 0.6 is 0 Å². The molecule has 166 valence electrons. The Kier molecular flexibility index (Phi) is 7.24. The molecular formula is C24H48O3Si. The molecule has 2 rings (SSSR count). The predicted molar refractivity (Wildman–Crippen MR) is 121 cm³/mol. The first-order chi connectivity index (χ1) is 12.7. The van der Waals surface area contributed by atoms with Gasteiger partial charge in [0.25, 0.3) is 0 Å². The summed E-state index contributed by atoms with van der Waals surface area (Å²) in [5.41, 5.74) is 0.624. The van der Waals surface area contributed by atoms with Crippen LogP contribution in [-0.4, -0.2) is 34.4 Å². The highest BCUT2D eigenvalue weighted by Crippen LogP contribution is 2.63. The molecule has 28 heavy (non-hydrogen) atoms. The fraction of sp³-hybridized carbons (Fsp3) is 1.00. The molecule has 0 aromatic heterocycles. The lowest BCUT2D eigenvalue weighted by atomic mass is 9.45. The molecule has 0 aromatic rings. The van der Waals surface area contributed by atoms with Crippen molar-refractivity contribution in [3.8, 4) is 0 Å². The molecule has 0 N–H and O–H groups in total. The van der Waals surface area contributed by atoms with Gasteiger partial charge in [0.2, 0.25) is 0 Å². The SMILES string of the molecule is COCO[C@]1(C)CC[C@H]2C(C)(C)CCC[C@]2(C)[C@H]1CCO[Si](C)(C)C(C)(C)C. The van der Waals surface area contributed by atoms with Crippen molar-refractivity contribution in [1.82, 2.24) is 0 Å². The first-order valence-corrected chi connectivity index (χ1v) is 14.4. The third-order valence-electron chi connectivity index (χ3n) is 8.92. The normalized spacial score (nSPS) is 36.2. The Morgan fingerprint density at radius 1 is 1.00 bits per heavy atom. The smallest absolute Gasteiger partial charge is 0.191 e. The van der Waals surface area contributed by atoms with Gasteiger partial charge in [-0.25, -0.2) is 0 Å². The molecule has 3 nitrogen and oxygen atoms in total. The second-order valence-corrected chi connectivity index (χ2v) is 17.1. The first-order valence-electron chi connectivity index (χ1n) is 11.5. The minimum atomic E-state index is -1.72. The zero-order valence-electron chi connectivity index (χ0n) is 20.5. The fourth-order valence-electron chi connectivity index (χ4n) is 6.26.